The third kappa shape index (κ3) is 2.51. The van der Waals surface area contributed by atoms with Crippen LogP contribution in [-0.4, -0.2) is 30.3 Å². The molecule has 0 atom stereocenters. The first-order valence-corrected chi connectivity index (χ1v) is 4.06. The number of anilines is 1. The lowest BCUT2D eigenvalue weighted by Crippen LogP contribution is -2.19. The highest BCUT2D eigenvalue weighted by Gasteiger charge is 1.97. The molecule has 0 aliphatic rings. The van der Waals surface area contributed by atoms with Gasteiger partial charge in [-0.1, -0.05) is 0 Å². The Morgan fingerprint density at radius 3 is 3.00 bits per heavy atom. The normalized spacial score (nSPS) is 9.83. The van der Waals surface area contributed by atoms with Crippen molar-refractivity contribution in [1.82, 2.24) is 4.98 Å². The van der Waals surface area contributed by atoms with Crippen LogP contribution >= 0.6 is 0 Å². The molecule has 0 unspecified atom stereocenters. The number of aliphatic hydroxyl groups excluding tert-OH is 1. The van der Waals surface area contributed by atoms with Crippen molar-refractivity contribution in [2.24, 2.45) is 0 Å². The summed E-state index contributed by atoms with van der Waals surface area (Å²) in [6.07, 6.45) is 4.37. The Labute approximate surface area is 72.7 Å². The average Bonchev–Trinajstić information content (AvgIpc) is 2.15. The number of aliphatic hydroxyl groups is 1. The fourth-order valence-corrected chi connectivity index (χ4v) is 1.02. The molecule has 1 rings (SSSR count). The van der Waals surface area contributed by atoms with E-state index in [2.05, 4.69) is 9.88 Å². The minimum Gasteiger partial charge on any atom is -0.396 e. The quantitative estimate of drug-likeness (QED) is 0.722. The predicted octanol–water partition coefficient (Wildman–Crippen LogP) is 0.900. The van der Waals surface area contributed by atoms with E-state index >= 15 is 0 Å². The average molecular weight is 166 g/mol. The summed E-state index contributed by atoms with van der Waals surface area (Å²) in [5, 5.41) is 8.62. The van der Waals surface area contributed by atoms with Crippen LogP contribution in [0.3, 0.4) is 0 Å². The van der Waals surface area contributed by atoms with Gasteiger partial charge in [-0.15, -0.1) is 0 Å². The molecule has 0 spiro atoms. The fourth-order valence-electron chi connectivity index (χ4n) is 1.02. The summed E-state index contributed by atoms with van der Waals surface area (Å²) in [5.41, 5.74) is 1.09. The maximum absolute atomic E-state index is 8.62. The lowest BCUT2D eigenvalue weighted by molar-refractivity contribution is 0.290. The molecule has 1 heterocycles. The van der Waals surface area contributed by atoms with Crippen LogP contribution in [0, 0.1) is 0 Å². The number of aromatic nitrogens is 1. The molecule has 0 saturated carbocycles. The second kappa shape index (κ2) is 4.72. The van der Waals surface area contributed by atoms with Crippen molar-refractivity contribution in [3.63, 3.8) is 0 Å². The van der Waals surface area contributed by atoms with E-state index < -0.39 is 0 Å². The van der Waals surface area contributed by atoms with Gasteiger partial charge in [0, 0.05) is 26.4 Å². The SMILES string of the molecule is CN(CCCO)c1cccnc1. The van der Waals surface area contributed by atoms with Gasteiger partial charge in [0.2, 0.25) is 0 Å². The number of pyridine rings is 1. The Balaban J connectivity index is 2.48. The Morgan fingerprint density at radius 1 is 1.58 bits per heavy atom. The predicted molar refractivity (Wildman–Crippen MR) is 49.2 cm³/mol. The highest BCUT2D eigenvalue weighted by atomic mass is 16.3. The van der Waals surface area contributed by atoms with E-state index in [0.29, 0.717) is 0 Å². The third-order valence-corrected chi connectivity index (χ3v) is 1.74. The molecule has 0 aliphatic carbocycles. The first-order valence-electron chi connectivity index (χ1n) is 4.06. The van der Waals surface area contributed by atoms with Crippen LogP contribution in [0.5, 0.6) is 0 Å². The van der Waals surface area contributed by atoms with Crippen molar-refractivity contribution in [2.75, 3.05) is 25.1 Å². The van der Waals surface area contributed by atoms with Crippen LogP contribution in [0.25, 0.3) is 0 Å². The summed E-state index contributed by atoms with van der Waals surface area (Å²) >= 11 is 0. The van der Waals surface area contributed by atoms with Crippen molar-refractivity contribution in [3.05, 3.63) is 24.5 Å². The molecule has 66 valence electrons. The summed E-state index contributed by atoms with van der Waals surface area (Å²) in [6.45, 7) is 1.10. The second-order valence-corrected chi connectivity index (χ2v) is 2.71. The zero-order valence-electron chi connectivity index (χ0n) is 7.27. The lowest BCUT2D eigenvalue weighted by atomic mass is 10.3. The van der Waals surface area contributed by atoms with Gasteiger partial charge in [-0.2, -0.15) is 0 Å². The van der Waals surface area contributed by atoms with Gasteiger partial charge in [0.25, 0.3) is 0 Å². The van der Waals surface area contributed by atoms with E-state index in [9.17, 15) is 0 Å². The molecule has 1 aromatic rings. The minimum atomic E-state index is 0.241. The van der Waals surface area contributed by atoms with Crippen LogP contribution in [0.15, 0.2) is 24.5 Å². The van der Waals surface area contributed by atoms with E-state index in [4.69, 9.17) is 5.11 Å². The summed E-state index contributed by atoms with van der Waals surface area (Å²) < 4.78 is 0. The number of nitrogens with zero attached hydrogens (tertiary/aromatic N) is 2. The van der Waals surface area contributed by atoms with Gasteiger partial charge in [-0.3, -0.25) is 4.98 Å². The van der Waals surface area contributed by atoms with Crippen LogP contribution in [0.2, 0.25) is 0 Å². The molecule has 0 aromatic carbocycles. The van der Waals surface area contributed by atoms with Crippen LogP contribution in [-0.2, 0) is 0 Å². The van der Waals surface area contributed by atoms with E-state index in [1.165, 1.54) is 0 Å². The first kappa shape index (κ1) is 9.00. The number of hydrogen-bond donors (Lipinski definition) is 1. The highest BCUT2D eigenvalue weighted by Crippen LogP contribution is 2.08. The van der Waals surface area contributed by atoms with Gasteiger partial charge < -0.3 is 10.0 Å². The molecule has 1 aromatic heterocycles. The van der Waals surface area contributed by atoms with Crippen molar-refractivity contribution >= 4 is 5.69 Å². The molecule has 0 aliphatic heterocycles. The van der Waals surface area contributed by atoms with E-state index in [1.54, 1.807) is 6.20 Å². The topological polar surface area (TPSA) is 36.4 Å². The van der Waals surface area contributed by atoms with E-state index in [-0.39, 0.29) is 6.61 Å². The number of rotatable bonds is 4. The summed E-state index contributed by atoms with van der Waals surface area (Å²) in [5.74, 6) is 0. The largest absolute Gasteiger partial charge is 0.396 e. The maximum atomic E-state index is 8.62. The molecule has 3 nitrogen and oxygen atoms in total. The molecule has 0 fully saturated rings. The third-order valence-electron chi connectivity index (χ3n) is 1.74. The van der Waals surface area contributed by atoms with Crippen LogP contribution in [0.1, 0.15) is 6.42 Å². The van der Waals surface area contributed by atoms with Crippen molar-refractivity contribution in [3.8, 4) is 0 Å². The first-order chi connectivity index (χ1) is 5.84. The Hall–Kier alpha value is -1.09. The molecule has 0 radical (unpaired) electrons. The Bertz CT molecular complexity index is 213. The van der Waals surface area contributed by atoms with E-state index in [1.807, 2.05) is 25.4 Å². The van der Waals surface area contributed by atoms with Gasteiger partial charge >= 0.3 is 0 Å². The monoisotopic (exact) mass is 166 g/mol. The van der Waals surface area contributed by atoms with Gasteiger partial charge in [0.1, 0.15) is 0 Å². The molecular weight excluding hydrogens is 152 g/mol. The second-order valence-electron chi connectivity index (χ2n) is 2.71. The molecule has 0 saturated heterocycles. The Kier molecular flexibility index (Phi) is 3.54. The summed E-state index contributed by atoms with van der Waals surface area (Å²) in [7, 11) is 1.99. The van der Waals surface area contributed by atoms with Gasteiger partial charge in [0.15, 0.2) is 0 Å². The van der Waals surface area contributed by atoms with Crippen molar-refractivity contribution < 1.29 is 5.11 Å². The minimum absolute atomic E-state index is 0.241. The van der Waals surface area contributed by atoms with Gasteiger partial charge in [-0.05, 0) is 18.6 Å². The summed E-state index contributed by atoms with van der Waals surface area (Å²) in [6, 6.07) is 3.91. The van der Waals surface area contributed by atoms with Crippen LogP contribution in [0.4, 0.5) is 5.69 Å². The molecular formula is C9H14N2O. The molecule has 0 amide bonds. The molecule has 3 heteroatoms. The smallest absolute Gasteiger partial charge is 0.0550 e. The molecule has 12 heavy (non-hydrogen) atoms. The molecule has 1 N–H and O–H groups in total. The summed E-state index contributed by atoms with van der Waals surface area (Å²) in [4.78, 5) is 6.08. The van der Waals surface area contributed by atoms with Crippen LogP contribution < -0.4 is 4.90 Å². The van der Waals surface area contributed by atoms with E-state index in [0.717, 1.165) is 18.7 Å². The maximum Gasteiger partial charge on any atom is 0.0550 e. The zero-order chi connectivity index (χ0) is 8.81. The fraction of sp³-hybridized carbons (Fsp3) is 0.444. The molecule has 0 bridgehead atoms. The van der Waals surface area contributed by atoms with Gasteiger partial charge in [0.05, 0.1) is 11.9 Å². The standard InChI is InChI=1S/C9H14N2O/c1-11(6-3-7-12)9-4-2-5-10-8-9/h2,4-5,8,12H,3,6-7H2,1H3. The number of hydrogen-bond acceptors (Lipinski definition) is 3. The zero-order valence-corrected chi connectivity index (χ0v) is 7.27. The highest BCUT2D eigenvalue weighted by molar-refractivity contribution is 5.42. The van der Waals surface area contributed by atoms with Crippen molar-refractivity contribution in [2.45, 2.75) is 6.42 Å². The lowest BCUT2D eigenvalue weighted by Gasteiger charge is -2.17. The van der Waals surface area contributed by atoms with Gasteiger partial charge in [-0.25, -0.2) is 0 Å². The Morgan fingerprint density at radius 2 is 2.42 bits per heavy atom. The van der Waals surface area contributed by atoms with Crippen molar-refractivity contribution in [1.29, 1.82) is 0 Å².